The van der Waals surface area contributed by atoms with Crippen molar-refractivity contribution in [1.29, 1.82) is 0 Å². The van der Waals surface area contributed by atoms with Gasteiger partial charge in [0.1, 0.15) is 13.1 Å². The summed E-state index contributed by atoms with van der Waals surface area (Å²) >= 11 is 2.42. The van der Waals surface area contributed by atoms with Crippen LogP contribution >= 0.6 is 22.7 Å². The van der Waals surface area contributed by atoms with Gasteiger partial charge in [0.05, 0.1) is 54.7 Å². The minimum atomic E-state index is -1.27. The Kier molecular flexibility index (Phi) is 7.54. The maximum Gasteiger partial charge on any atom is 0.505 e. The Morgan fingerprint density at radius 1 is 0.630 bits per heavy atom. The van der Waals surface area contributed by atoms with E-state index >= 15 is 0 Å². The lowest BCUT2D eigenvalue weighted by Crippen LogP contribution is -2.41. The van der Waals surface area contributed by atoms with Gasteiger partial charge in [-0.15, -0.1) is 22.7 Å². The predicted octanol–water partition coefficient (Wildman–Crippen LogP) is 2.38. The quantitative estimate of drug-likeness (QED) is 0.402. The number of aliphatic carboxylic acids is 2. The molecule has 2 fully saturated rings. The van der Waals surface area contributed by atoms with Gasteiger partial charge in [0, 0.05) is 9.55 Å². The van der Waals surface area contributed by atoms with Gasteiger partial charge in [0.25, 0.3) is 11.8 Å². The molecule has 0 aliphatic carbocycles. The standard InChI is InChI=1S/C30H34B2N2O10S2/c1-27(2)28(3,4)42-31(41-27)17-11-9-15(45-17)23-21-22(26(40)33(23)13-19(35)36)24(34(25(21)39)14-20(37)38)16-10-12-18(46-16)32-43-29(5,6)30(7,8)44-32/h9-12H,13-14H2,1-8H3,(H,35,36)(H,37,38). The molecule has 4 aliphatic heterocycles. The fourth-order valence-corrected chi connectivity index (χ4v) is 7.67. The van der Waals surface area contributed by atoms with Crippen molar-refractivity contribution in [3.05, 3.63) is 45.2 Å². The number of rotatable bonds is 8. The van der Waals surface area contributed by atoms with Gasteiger partial charge in [-0.25, -0.2) is 0 Å². The van der Waals surface area contributed by atoms with Crippen molar-refractivity contribution in [2.45, 2.75) is 77.8 Å². The number of nitrogens with zero attached hydrogens (tertiary/aromatic N) is 2. The number of hydrogen-bond donors (Lipinski definition) is 2. The molecule has 4 aliphatic rings. The summed E-state index contributed by atoms with van der Waals surface area (Å²) in [6.07, 6.45) is 0. The number of carbonyl (C=O) groups excluding carboxylic acids is 2. The Morgan fingerprint density at radius 3 is 1.22 bits per heavy atom. The summed E-state index contributed by atoms with van der Waals surface area (Å²) in [7, 11) is -1.43. The third kappa shape index (κ3) is 5.06. The molecule has 6 heterocycles. The molecule has 2 aromatic rings. The summed E-state index contributed by atoms with van der Waals surface area (Å²) in [5.74, 6) is -3.96. The van der Waals surface area contributed by atoms with Crippen molar-refractivity contribution >= 4 is 81.6 Å². The molecule has 46 heavy (non-hydrogen) atoms. The fraction of sp³-hybridized carbons (Fsp3) is 0.467. The van der Waals surface area contributed by atoms with Crippen LogP contribution in [0.1, 0.15) is 65.1 Å². The molecule has 0 bridgehead atoms. The highest BCUT2D eigenvalue weighted by atomic mass is 32.1. The number of carboxylic acids is 2. The number of fused-ring (bicyclic) bond motifs is 1. The molecule has 2 saturated heterocycles. The average Bonchev–Trinajstić information content (AvgIpc) is 3.73. The zero-order valence-electron chi connectivity index (χ0n) is 26.7. The molecule has 0 saturated carbocycles. The maximum absolute atomic E-state index is 14.1. The summed E-state index contributed by atoms with van der Waals surface area (Å²) in [4.78, 5) is 55.1. The molecule has 2 amide bonds. The van der Waals surface area contributed by atoms with Crippen LogP contribution in [0.25, 0.3) is 11.4 Å². The first kappa shape index (κ1) is 32.7. The SMILES string of the molecule is CC1(C)OB(c2ccc(C3=C4C(=O)N(CC(=O)O)C(c5ccc(B6OC(C)(C)C(C)(C)O6)s5)=C4C(=O)N3CC(=O)O)s2)OC1(C)C. The summed E-state index contributed by atoms with van der Waals surface area (Å²) in [6, 6.07) is 6.89. The van der Waals surface area contributed by atoms with E-state index in [2.05, 4.69) is 0 Å². The second kappa shape index (κ2) is 10.6. The van der Waals surface area contributed by atoms with Crippen molar-refractivity contribution in [3.63, 3.8) is 0 Å². The Bertz CT molecular complexity index is 1600. The number of carboxylic acid groups (broad SMARTS) is 2. The van der Waals surface area contributed by atoms with Crippen LogP contribution in [0.5, 0.6) is 0 Å². The van der Waals surface area contributed by atoms with E-state index < -0.39 is 73.5 Å². The molecule has 16 heteroatoms. The van der Waals surface area contributed by atoms with E-state index in [1.807, 2.05) is 55.4 Å². The second-order valence-corrected chi connectivity index (χ2v) is 15.8. The van der Waals surface area contributed by atoms with Crippen LogP contribution in [0.4, 0.5) is 0 Å². The zero-order chi connectivity index (χ0) is 33.7. The van der Waals surface area contributed by atoms with Crippen molar-refractivity contribution in [2.24, 2.45) is 0 Å². The number of hydrogen-bond acceptors (Lipinski definition) is 10. The van der Waals surface area contributed by atoms with Crippen LogP contribution in [0.2, 0.25) is 0 Å². The molecule has 0 aromatic carbocycles. The smallest absolute Gasteiger partial charge is 0.480 e. The summed E-state index contributed by atoms with van der Waals surface area (Å²) in [5, 5.41) is 19.5. The van der Waals surface area contributed by atoms with E-state index in [1.165, 1.54) is 22.7 Å². The molecule has 6 rings (SSSR count). The molecule has 0 radical (unpaired) electrons. The van der Waals surface area contributed by atoms with Crippen LogP contribution in [0.3, 0.4) is 0 Å². The van der Waals surface area contributed by atoms with Gasteiger partial charge in [0.2, 0.25) is 0 Å². The topological polar surface area (TPSA) is 152 Å². The molecular formula is C30H34B2N2O10S2. The van der Waals surface area contributed by atoms with Crippen molar-refractivity contribution in [1.82, 2.24) is 9.80 Å². The molecule has 12 nitrogen and oxygen atoms in total. The zero-order valence-corrected chi connectivity index (χ0v) is 28.4. The Hall–Kier alpha value is -3.27. The predicted molar refractivity (Wildman–Crippen MR) is 173 cm³/mol. The van der Waals surface area contributed by atoms with Gasteiger partial charge in [-0.05, 0) is 67.5 Å². The Balaban J connectivity index is 1.47. The minimum Gasteiger partial charge on any atom is -0.480 e. The summed E-state index contributed by atoms with van der Waals surface area (Å²) in [5.41, 5.74) is -2.30. The minimum absolute atomic E-state index is 0.0459. The van der Waals surface area contributed by atoms with Gasteiger partial charge >= 0.3 is 26.2 Å². The van der Waals surface area contributed by atoms with Crippen LogP contribution in [0.15, 0.2) is 35.4 Å². The van der Waals surface area contributed by atoms with E-state index in [-0.39, 0.29) is 22.5 Å². The third-order valence-electron chi connectivity index (χ3n) is 9.46. The molecule has 242 valence electrons. The highest BCUT2D eigenvalue weighted by molar-refractivity contribution is 7.23. The lowest BCUT2D eigenvalue weighted by atomic mass is 9.88. The fourth-order valence-electron chi connectivity index (χ4n) is 5.61. The largest absolute Gasteiger partial charge is 0.505 e. The van der Waals surface area contributed by atoms with Crippen LogP contribution < -0.4 is 9.55 Å². The average molecular weight is 668 g/mol. The molecule has 0 unspecified atom stereocenters. The Morgan fingerprint density at radius 2 is 0.935 bits per heavy atom. The maximum atomic E-state index is 14.1. The van der Waals surface area contributed by atoms with Crippen LogP contribution in [-0.2, 0) is 37.8 Å². The number of thiophene rings is 2. The first-order chi connectivity index (χ1) is 21.2. The molecule has 0 spiro atoms. The lowest BCUT2D eigenvalue weighted by Gasteiger charge is -2.32. The van der Waals surface area contributed by atoms with Gasteiger partial charge in [-0.2, -0.15) is 0 Å². The summed E-state index contributed by atoms with van der Waals surface area (Å²) in [6.45, 7) is 14.0. The van der Waals surface area contributed by atoms with E-state index in [1.54, 1.807) is 24.3 Å². The molecule has 2 aromatic heterocycles. The van der Waals surface area contributed by atoms with Gasteiger partial charge in [-0.1, -0.05) is 12.1 Å². The van der Waals surface area contributed by atoms with Gasteiger partial charge in [-0.3, -0.25) is 29.0 Å². The Labute approximate surface area is 274 Å². The highest BCUT2D eigenvalue weighted by Crippen LogP contribution is 2.48. The molecular weight excluding hydrogens is 634 g/mol. The first-order valence-corrected chi connectivity index (χ1v) is 16.4. The van der Waals surface area contributed by atoms with Crippen molar-refractivity contribution in [2.75, 3.05) is 13.1 Å². The first-order valence-electron chi connectivity index (χ1n) is 14.7. The summed E-state index contributed by atoms with van der Waals surface area (Å²) < 4.78 is 26.1. The van der Waals surface area contributed by atoms with Crippen molar-refractivity contribution in [3.8, 4) is 0 Å². The number of amides is 2. The molecule has 2 N–H and O–H groups in total. The van der Waals surface area contributed by atoms with E-state index in [0.29, 0.717) is 19.3 Å². The number of carbonyl (C=O) groups is 4. The van der Waals surface area contributed by atoms with Gasteiger partial charge in [0.15, 0.2) is 0 Å². The lowest BCUT2D eigenvalue weighted by molar-refractivity contribution is -0.140. The normalized spacial score (nSPS) is 23.0. The van der Waals surface area contributed by atoms with Crippen molar-refractivity contribution < 1.29 is 48.0 Å². The highest BCUT2D eigenvalue weighted by Gasteiger charge is 2.55. The monoisotopic (exact) mass is 668 g/mol. The van der Waals surface area contributed by atoms with Crippen LogP contribution in [-0.4, -0.2) is 93.5 Å². The van der Waals surface area contributed by atoms with E-state index in [9.17, 15) is 29.4 Å². The third-order valence-corrected chi connectivity index (χ3v) is 11.7. The van der Waals surface area contributed by atoms with E-state index in [0.717, 1.165) is 9.80 Å². The molecule has 0 atom stereocenters. The van der Waals surface area contributed by atoms with Gasteiger partial charge < -0.3 is 28.8 Å². The second-order valence-electron chi connectivity index (χ2n) is 13.6. The van der Waals surface area contributed by atoms with Crippen LogP contribution in [0, 0.1) is 0 Å². The van der Waals surface area contributed by atoms with E-state index in [4.69, 9.17) is 18.6 Å².